The fraction of sp³-hybridized carbons (Fsp3) is 0.578. The van der Waals surface area contributed by atoms with Crippen molar-refractivity contribution in [1.29, 1.82) is 0 Å². The van der Waals surface area contributed by atoms with Gasteiger partial charge in [0.25, 0.3) is 0 Å². The third-order valence-corrected chi connectivity index (χ3v) is 15.9. The first kappa shape index (κ1) is 42.0. The van der Waals surface area contributed by atoms with E-state index in [1.54, 1.807) is 13.4 Å². The van der Waals surface area contributed by atoms with Gasteiger partial charge in [-0.1, -0.05) is 87.9 Å². The third kappa shape index (κ3) is 10.1. The first-order valence-corrected chi connectivity index (χ1v) is 23.0. The van der Waals surface area contributed by atoms with Crippen LogP contribution in [0.15, 0.2) is 82.5 Å². The molecule has 6 rings (SSSR count). The van der Waals surface area contributed by atoms with E-state index in [4.69, 9.17) is 32.5 Å². The average Bonchev–Trinajstić information content (AvgIpc) is 4.04. The summed E-state index contributed by atoms with van der Waals surface area (Å²) in [4.78, 5) is 31.1. The zero-order valence-corrected chi connectivity index (χ0v) is 35.6. The summed E-state index contributed by atoms with van der Waals surface area (Å²) in [5.41, 5.74) is 2.09. The van der Waals surface area contributed by atoms with E-state index in [0.29, 0.717) is 25.2 Å². The Labute approximate surface area is 333 Å². The SMILES string of the molecule is CCC[Si](C)(O[C@H]1C[C@@H]([C@H](C)[C@@H](OC)C(C)=CC=CC(C)=Cc2coc(C)n2)OC(=O)[C@@H]2O[C@H]2C[C@H]2CC(=O)O[C@H](C2)[C@H](C)C=C[C@H]2O[C@]12C)c1ccccc1. The normalized spacial score (nSPS) is 33.4. The van der Waals surface area contributed by atoms with Crippen LogP contribution in [-0.4, -0.2) is 80.7 Å². The summed E-state index contributed by atoms with van der Waals surface area (Å²) in [5.74, 6) is -0.167. The number of epoxide rings is 2. The van der Waals surface area contributed by atoms with Crippen LogP contribution in [-0.2, 0) is 37.7 Å². The molecule has 12 atom stereocenters. The van der Waals surface area contributed by atoms with Crippen LogP contribution in [0.4, 0.5) is 0 Å². The Morgan fingerprint density at radius 3 is 2.54 bits per heavy atom. The molecule has 0 aliphatic carbocycles. The van der Waals surface area contributed by atoms with Gasteiger partial charge in [-0.15, -0.1) is 0 Å². The Morgan fingerprint density at radius 1 is 1.09 bits per heavy atom. The van der Waals surface area contributed by atoms with E-state index in [1.165, 1.54) is 5.19 Å². The zero-order valence-electron chi connectivity index (χ0n) is 34.6. The monoisotopic (exact) mass is 787 g/mol. The molecule has 304 valence electrons. The van der Waals surface area contributed by atoms with Gasteiger partial charge in [0.15, 0.2) is 12.0 Å². The molecule has 1 aromatic heterocycles. The summed E-state index contributed by atoms with van der Waals surface area (Å²) in [6.45, 7) is 16.6. The molecule has 4 aliphatic rings. The van der Waals surface area contributed by atoms with E-state index in [9.17, 15) is 9.59 Å². The van der Waals surface area contributed by atoms with Crippen molar-refractivity contribution in [3.8, 4) is 0 Å². The van der Waals surface area contributed by atoms with Gasteiger partial charge >= 0.3 is 11.9 Å². The highest BCUT2D eigenvalue weighted by Crippen LogP contribution is 2.46. The summed E-state index contributed by atoms with van der Waals surface area (Å²) < 4.78 is 43.9. The molecule has 56 heavy (non-hydrogen) atoms. The number of cyclic esters (lactones) is 1. The molecule has 3 saturated heterocycles. The molecular weight excluding hydrogens is 727 g/mol. The molecule has 1 aromatic carbocycles. The molecule has 3 fully saturated rings. The largest absolute Gasteiger partial charge is 0.462 e. The number of carbonyl (C=O) groups is 2. The second kappa shape index (κ2) is 17.9. The Balaban J connectivity index is 1.33. The lowest BCUT2D eigenvalue weighted by atomic mass is 9.84. The smallest absolute Gasteiger partial charge is 0.338 e. The number of esters is 2. The van der Waals surface area contributed by atoms with Crippen LogP contribution in [0.25, 0.3) is 6.08 Å². The van der Waals surface area contributed by atoms with Crippen LogP contribution in [0.5, 0.6) is 0 Å². The maximum Gasteiger partial charge on any atom is 0.338 e. The van der Waals surface area contributed by atoms with Crippen molar-refractivity contribution >= 4 is 31.5 Å². The molecular formula is C45H61NO9Si. The van der Waals surface area contributed by atoms with E-state index in [2.05, 4.69) is 75.6 Å². The molecule has 2 aromatic rings. The lowest BCUT2D eigenvalue weighted by molar-refractivity contribution is -0.159. The van der Waals surface area contributed by atoms with Crippen molar-refractivity contribution in [3.05, 3.63) is 89.7 Å². The third-order valence-electron chi connectivity index (χ3n) is 12.1. The highest BCUT2D eigenvalue weighted by atomic mass is 28.4. The number of carbonyl (C=O) groups excluding carboxylic acids is 2. The number of aromatic nitrogens is 1. The molecule has 0 N–H and O–H groups in total. The van der Waals surface area contributed by atoms with Gasteiger partial charge < -0.3 is 32.5 Å². The van der Waals surface area contributed by atoms with Crippen molar-refractivity contribution in [3.63, 3.8) is 0 Å². The minimum absolute atomic E-state index is 0.00255. The summed E-state index contributed by atoms with van der Waals surface area (Å²) >= 11 is 0. The van der Waals surface area contributed by atoms with Crippen LogP contribution in [0.3, 0.4) is 0 Å². The number of aryl methyl sites for hydroxylation is 1. The van der Waals surface area contributed by atoms with Gasteiger partial charge in [0, 0.05) is 38.7 Å². The Hall–Kier alpha value is -3.61. The topological polar surface area (TPSA) is 122 Å². The standard InChI is InChI=1S/C45H61NO9Si/c1-10-21-56(9,35-17-12-11-13-18-35)55-40-26-37(31(5)42(49-8)30(4)16-14-15-28(2)22-34-27-50-32(6)46-34)53-44(48)43-38(52-43)24-33-23-36(51-41(47)25-33)29(3)19-20-39-45(40,7)54-39/h11-20,22,27,29,31,33,36-40,42-43H,10,21,23-26H2,1-9H3/t29-,31+,33+,36-,37+,38+,39-,40+,42+,43-,45+,56?/m1/s1. The highest BCUT2D eigenvalue weighted by Gasteiger charge is 2.60. The fourth-order valence-corrected chi connectivity index (χ4v) is 12.0. The highest BCUT2D eigenvalue weighted by molar-refractivity contribution is 6.85. The number of fused-ring (bicyclic) bond motifs is 4. The van der Waals surface area contributed by atoms with Gasteiger partial charge in [0.2, 0.25) is 8.32 Å². The Bertz CT molecular complexity index is 1800. The number of hydrogen-bond donors (Lipinski definition) is 0. The molecule has 11 heteroatoms. The number of rotatable bonds is 12. The molecule has 0 saturated carbocycles. The van der Waals surface area contributed by atoms with E-state index < -0.39 is 38.2 Å². The van der Waals surface area contributed by atoms with Crippen LogP contribution in [0.1, 0.15) is 85.2 Å². The molecule has 0 amide bonds. The minimum Gasteiger partial charge on any atom is -0.462 e. The van der Waals surface area contributed by atoms with E-state index in [1.807, 2.05) is 51.1 Å². The molecule has 0 radical (unpaired) electrons. The van der Waals surface area contributed by atoms with E-state index in [0.717, 1.165) is 35.7 Å². The van der Waals surface area contributed by atoms with Crippen LogP contribution in [0.2, 0.25) is 12.6 Å². The van der Waals surface area contributed by atoms with Gasteiger partial charge in [-0.3, -0.25) is 4.79 Å². The maximum absolute atomic E-state index is 14.0. The lowest BCUT2D eigenvalue weighted by Gasteiger charge is -2.38. The molecule has 5 heterocycles. The van der Waals surface area contributed by atoms with Crippen LogP contribution < -0.4 is 5.19 Å². The number of oxazole rings is 1. The molecule has 4 aliphatic heterocycles. The first-order chi connectivity index (χ1) is 26.7. The molecule has 2 bridgehead atoms. The molecule has 1 unspecified atom stereocenters. The van der Waals surface area contributed by atoms with Crippen LogP contribution in [0, 0.1) is 24.7 Å². The number of ether oxygens (including phenoxy) is 5. The Kier molecular flexibility index (Phi) is 13.4. The van der Waals surface area contributed by atoms with Crippen molar-refractivity contribution in [2.45, 2.75) is 141 Å². The number of allylic oxidation sites excluding steroid dienone is 4. The minimum atomic E-state index is -2.53. The fourth-order valence-electron chi connectivity index (χ4n) is 8.64. The van der Waals surface area contributed by atoms with Crippen LogP contribution >= 0.6 is 0 Å². The molecule has 10 nitrogen and oxygen atoms in total. The van der Waals surface area contributed by atoms with Gasteiger partial charge in [-0.05, 0) is 74.5 Å². The number of hydrogen-bond acceptors (Lipinski definition) is 10. The summed E-state index contributed by atoms with van der Waals surface area (Å²) in [6, 6.07) is 11.4. The van der Waals surface area contributed by atoms with Gasteiger partial charge in [-0.2, -0.15) is 0 Å². The van der Waals surface area contributed by atoms with Crippen molar-refractivity contribution in [2.24, 2.45) is 17.8 Å². The van der Waals surface area contributed by atoms with Gasteiger partial charge in [0.05, 0.1) is 18.3 Å². The second-order valence-corrected chi connectivity index (χ2v) is 20.5. The van der Waals surface area contributed by atoms with E-state index in [-0.39, 0.29) is 48.1 Å². The van der Waals surface area contributed by atoms with Crippen molar-refractivity contribution in [2.75, 3.05) is 7.11 Å². The maximum atomic E-state index is 14.0. The van der Waals surface area contributed by atoms with Crippen molar-refractivity contribution in [1.82, 2.24) is 4.98 Å². The first-order valence-electron chi connectivity index (χ1n) is 20.4. The van der Waals surface area contributed by atoms with Gasteiger partial charge in [-0.25, -0.2) is 9.78 Å². The predicted octanol–water partition coefficient (Wildman–Crippen LogP) is 7.96. The summed E-state index contributed by atoms with van der Waals surface area (Å²) in [5, 5.41) is 1.21. The lowest BCUT2D eigenvalue weighted by Crippen LogP contribution is -2.54. The number of nitrogens with zero attached hydrogens (tertiary/aromatic N) is 1. The summed E-state index contributed by atoms with van der Waals surface area (Å²) in [7, 11) is -0.833. The number of methoxy groups -OCH3 is 1. The van der Waals surface area contributed by atoms with Gasteiger partial charge in [0.1, 0.15) is 35.9 Å². The number of benzene rings is 1. The van der Waals surface area contributed by atoms with E-state index >= 15 is 0 Å². The quantitative estimate of drug-likeness (QED) is 0.0689. The molecule has 0 spiro atoms. The summed E-state index contributed by atoms with van der Waals surface area (Å²) in [6.07, 6.45) is 14.1. The zero-order chi connectivity index (χ0) is 40.2. The average molecular weight is 788 g/mol. The van der Waals surface area contributed by atoms with Crippen molar-refractivity contribution < 1.29 is 42.1 Å². The second-order valence-electron chi connectivity index (χ2n) is 16.8. The Morgan fingerprint density at radius 2 is 1.84 bits per heavy atom. The predicted molar refractivity (Wildman–Crippen MR) is 217 cm³/mol.